The van der Waals surface area contributed by atoms with E-state index in [0.717, 1.165) is 36.2 Å². The maximum Gasteiger partial charge on any atom is 0.191 e. The smallest absolute Gasteiger partial charge is 0.191 e. The first-order chi connectivity index (χ1) is 12.2. The fourth-order valence-electron chi connectivity index (χ4n) is 2.90. The Balaban J connectivity index is 1.67. The lowest BCUT2D eigenvalue weighted by Gasteiger charge is -2.19. The Hall–Kier alpha value is -2.82. The van der Waals surface area contributed by atoms with Gasteiger partial charge in [0.05, 0.1) is 23.9 Å². The summed E-state index contributed by atoms with van der Waals surface area (Å²) in [5.41, 5.74) is 10.6. The SMILES string of the molecule is CCN(CC)C(N)=NCc1ccc(Cn2cnc3ccccc32)cc1. The number of benzene rings is 2. The van der Waals surface area contributed by atoms with Crippen molar-refractivity contribution in [2.45, 2.75) is 26.9 Å². The molecule has 3 aromatic rings. The van der Waals surface area contributed by atoms with Crippen LogP contribution in [0.1, 0.15) is 25.0 Å². The normalized spacial score (nSPS) is 11.8. The third-order valence-electron chi connectivity index (χ3n) is 4.41. The summed E-state index contributed by atoms with van der Waals surface area (Å²) < 4.78 is 2.17. The van der Waals surface area contributed by atoms with E-state index in [9.17, 15) is 0 Å². The summed E-state index contributed by atoms with van der Waals surface area (Å²) in [5, 5.41) is 0. The average Bonchev–Trinajstić information content (AvgIpc) is 3.05. The number of aliphatic imine (C=N–C) groups is 1. The summed E-state index contributed by atoms with van der Waals surface area (Å²) in [6, 6.07) is 16.7. The van der Waals surface area contributed by atoms with Crippen molar-refractivity contribution in [2.75, 3.05) is 13.1 Å². The molecule has 5 nitrogen and oxygen atoms in total. The van der Waals surface area contributed by atoms with E-state index in [2.05, 4.69) is 63.6 Å². The summed E-state index contributed by atoms with van der Waals surface area (Å²) in [7, 11) is 0. The molecule has 0 bridgehead atoms. The first-order valence-corrected chi connectivity index (χ1v) is 8.73. The van der Waals surface area contributed by atoms with Crippen LogP contribution < -0.4 is 5.73 Å². The Morgan fingerprint density at radius 2 is 1.72 bits per heavy atom. The van der Waals surface area contributed by atoms with Crippen LogP contribution in [0, 0.1) is 0 Å². The zero-order valence-corrected chi connectivity index (χ0v) is 14.9. The van der Waals surface area contributed by atoms with Gasteiger partial charge in [-0.3, -0.25) is 0 Å². The Kier molecular flexibility index (Phi) is 5.33. The van der Waals surface area contributed by atoms with Crippen molar-refractivity contribution in [3.8, 4) is 0 Å². The van der Waals surface area contributed by atoms with Crippen LogP contribution in [0.5, 0.6) is 0 Å². The number of aromatic nitrogens is 2. The van der Waals surface area contributed by atoms with Crippen LogP contribution in [-0.2, 0) is 13.1 Å². The largest absolute Gasteiger partial charge is 0.370 e. The second-order valence-electron chi connectivity index (χ2n) is 6.02. The highest BCUT2D eigenvalue weighted by Gasteiger charge is 2.04. The quantitative estimate of drug-likeness (QED) is 0.556. The molecule has 130 valence electrons. The van der Waals surface area contributed by atoms with Crippen molar-refractivity contribution in [1.29, 1.82) is 0 Å². The molecule has 1 aromatic heterocycles. The van der Waals surface area contributed by atoms with Crippen molar-refractivity contribution < 1.29 is 0 Å². The highest BCUT2D eigenvalue weighted by molar-refractivity contribution is 5.78. The summed E-state index contributed by atoms with van der Waals surface area (Å²) in [6.07, 6.45) is 1.90. The summed E-state index contributed by atoms with van der Waals surface area (Å²) in [4.78, 5) is 11.0. The van der Waals surface area contributed by atoms with Gasteiger partial charge in [-0.05, 0) is 37.1 Å². The molecule has 0 saturated carbocycles. The predicted molar refractivity (Wildman–Crippen MR) is 104 cm³/mol. The highest BCUT2D eigenvalue weighted by Crippen LogP contribution is 2.14. The molecule has 2 aromatic carbocycles. The first kappa shape index (κ1) is 17.0. The Labute approximate surface area is 148 Å². The summed E-state index contributed by atoms with van der Waals surface area (Å²) >= 11 is 0. The van der Waals surface area contributed by atoms with Crippen LogP contribution in [-0.4, -0.2) is 33.5 Å². The van der Waals surface area contributed by atoms with Gasteiger partial charge in [-0.1, -0.05) is 36.4 Å². The van der Waals surface area contributed by atoms with Gasteiger partial charge < -0.3 is 15.2 Å². The predicted octanol–water partition coefficient (Wildman–Crippen LogP) is 3.24. The highest BCUT2D eigenvalue weighted by atomic mass is 15.2. The van der Waals surface area contributed by atoms with Gasteiger partial charge in [-0.2, -0.15) is 0 Å². The van der Waals surface area contributed by atoms with E-state index in [0.29, 0.717) is 12.5 Å². The lowest BCUT2D eigenvalue weighted by Crippen LogP contribution is -2.37. The number of imidazole rings is 1. The molecule has 0 radical (unpaired) electrons. The van der Waals surface area contributed by atoms with Crippen molar-refractivity contribution >= 4 is 17.0 Å². The van der Waals surface area contributed by atoms with Gasteiger partial charge in [0.2, 0.25) is 0 Å². The standard InChI is InChI=1S/C20H25N5/c1-3-24(4-2)20(21)22-13-16-9-11-17(12-10-16)14-25-15-23-18-7-5-6-8-19(18)25/h5-12,15H,3-4,13-14H2,1-2H3,(H2,21,22). The third-order valence-corrected chi connectivity index (χ3v) is 4.41. The first-order valence-electron chi connectivity index (χ1n) is 8.73. The van der Waals surface area contributed by atoms with E-state index in [1.54, 1.807) is 0 Å². The van der Waals surface area contributed by atoms with Gasteiger partial charge in [-0.15, -0.1) is 0 Å². The molecule has 0 fully saturated rings. The van der Waals surface area contributed by atoms with Crippen molar-refractivity contribution in [3.05, 3.63) is 66.0 Å². The van der Waals surface area contributed by atoms with E-state index in [4.69, 9.17) is 5.73 Å². The van der Waals surface area contributed by atoms with Gasteiger partial charge in [0.25, 0.3) is 0 Å². The lowest BCUT2D eigenvalue weighted by molar-refractivity contribution is 0.458. The molecule has 0 aliphatic carbocycles. The van der Waals surface area contributed by atoms with Crippen LogP contribution in [0.25, 0.3) is 11.0 Å². The van der Waals surface area contributed by atoms with Gasteiger partial charge in [0.15, 0.2) is 5.96 Å². The van der Waals surface area contributed by atoms with Crippen LogP contribution in [0.3, 0.4) is 0 Å². The minimum atomic E-state index is 0.608. The lowest BCUT2D eigenvalue weighted by atomic mass is 10.1. The summed E-state index contributed by atoms with van der Waals surface area (Å²) in [5.74, 6) is 0.610. The fraction of sp³-hybridized carbons (Fsp3) is 0.300. The second-order valence-corrected chi connectivity index (χ2v) is 6.02. The number of para-hydroxylation sites is 2. The van der Waals surface area contributed by atoms with Gasteiger partial charge >= 0.3 is 0 Å². The number of guanidine groups is 1. The monoisotopic (exact) mass is 335 g/mol. The zero-order chi connectivity index (χ0) is 17.6. The third kappa shape index (κ3) is 3.99. The van der Waals surface area contributed by atoms with Crippen LogP contribution in [0.2, 0.25) is 0 Å². The molecule has 0 unspecified atom stereocenters. The maximum atomic E-state index is 6.03. The summed E-state index contributed by atoms with van der Waals surface area (Å²) in [6.45, 7) is 7.34. The maximum absolute atomic E-state index is 6.03. The van der Waals surface area contributed by atoms with E-state index < -0.39 is 0 Å². The second kappa shape index (κ2) is 7.83. The Bertz CT molecular complexity index is 844. The fourth-order valence-corrected chi connectivity index (χ4v) is 2.90. The molecule has 0 spiro atoms. The van der Waals surface area contributed by atoms with Gasteiger partial charge in [0, 0.05) is 19.6 Å². The molecule has 5 heteroatoms. The minimum absolute atomic E-state index is 0.608. The van der Waals surface area contributed by atoms with Gasteiger partial charge in [-0.25, -0.2) is 9.98 Å². The molecule has 0 aliphatic rings. The molecule has 0 saturated heterocycles. The number of hydrogen-bond donors (Lipinski definition) is 1. The Morgan fingerprint density at radius 1 is 1.04 bits per heavy atom. The molecule has 1 heterocycles. The molecule has 0 amide bonds. The molecule has 25 heavy (non-hydrogen) atoms. The van der Waals surface area contributed by atoms with Gasteiger partial charge in [0.1, 0.15) is 0 Å². The van der Waals surface area contributed by atoms with E-state index in [1.807, 2.05) is 24.5 Å². The molecule has 0 aliphatic heterocycles. The molecule has 2 N–H and O–H groups in total. The molecule has 3 rings (SSSR count). The number of rotatable bonds is 6. The minimum Gasteiger partial charge on any atom is -0.370 e. The Morgan fingerprint density at radius 3 is 2.44 bits per heavy atom. The number of nitrogens with two attached hydrogens (primary N) is 1. The number of hydrogen-bond acceptors (Lipinski definition) is 2. The molecule has 0 atom stereocenters. The van der Waals surface area contributed by atoms with Crippen LogP contribution in [0.15, 0.2) is 59.9 Å². The van der Waals surface area contributed by atoms with E-state index in [-0.39, 0.29) is 0 Å². The van der Waals surface area contributed by atoms with Crippen LogP contribution in [0.4, 0.5) is 0 Å². The van der Waals surface area contributed by atoms with E-state index in [1.165, 1.54) is 5.56 Å². The molecular formula is C20H25N5. The van der Waals surface area contributed by atoms with Crippen LogP contribution >= 0.6 is 0 Å². The zero-order valence-electron chi connectivity index (χ0n) is 14.9. The van der Waals surface area contributed by atoms with E-state index >= 15 is 0 Å². The molecular weight excluding hydrogens is 310 g/mol. The van der Waals surface area contributed by atoms with Crippen molar-refractivity contribution in [3.63, 3.8) is 0 Å². The topological polar surface area (TPSA) is 59.4 Å². The van der Waals surface area contributed by atoms with Crippen molar-refractivity contribution in [2.24, 2.45) is 10.7 Å². The average molecular weight is 335 g/mol. The number of fused-ring (bicyclic) bond motifs is 1. The number of nitrogens with zero attached hydrogens (tertiary/aromatic N) is 4. The van der Waals surface area contributed by atoms with Crippen molar-refractivity contribution in [1.82, 2.24) is 14.5 Å².